The molecule has 0 aliphatic carbocycles. The van der Waals surface area contributed by atoms with Gasteiger partial charge < -0.3 is 5.73 Å². The predicted molar refractivity (Wildman–Crippen MR) is 91.0 cm³/mol. The zero-order valence-electron chi connectivity index (χ0n) is 12.1. The van der Waals surface area contributed by atoms with Crippen molar-refractivity contribution in [3.63, 3.8) is 0 Å². The van der Waals surface area contributed by atoms with Gasteiger partial charge in [-0.05, 0) is 48.6 Å². The minimum atomic E-state index is -3.58. The van der Waals surface area contributed by atoms with E-state index in [4.69, 9.17) is 5.73 Å². The van der Waals surface area contributed by atoms with Crippen LogP contribution in [0, 0.1) is 13.8 Å². The Labute approximate surface area is 137 Å². The third-order valence-corrected chi connectivity index (χ3v) is 6.78. The molecule has 0 saturated carbocycles. The maximum atomic E-state index is 12.7. The number of halogens is 1. The van der Waals surface area contributed by atoms with Crippen molar-refractivity contribution in [1.29, 1.82) is 0 Å². The second kappa shape index (κ2) is 6.08. The fourth-order valence-electron chi connectivity index (χ4n) is 1.96. The molecule has 0 fully saturated rings. The van der Waals surface area contributed by atoms with Crippen LogP contribution in [0.5, 0.6) is 0 Å². The number of hydrogen-bond acceptors (Lipinski definition) is 4. The van der Waals surface area contributed by atoms with Gasteiger partial charge in [-0.2, -0.15) is 4.31 Å². The lowest BCUT2D eigenvalue weighted by Crippen LogP contribution is -2.27. The van der Waals surface area contributed by atoms with Gasteiger partial charge in [0.05, 0.1) is 4.90 Å². The first-order valence-electron chi connectivity index (χ1n) is 6.28. The van der Waals surface area contributed by atoms with E-state index in [0.29, 0.717) is 22.3 Å². The van der Waals surface area contributed by atoms with E-state index in [1.807, 2.05) is 18.4 Å². The first kappa shape index (κ1) is 16.5. The molecule has 1 aromatic heterocycles. The van der Waals surface area contributed by atoms with E-state index in [-0.39, 0.29) is 4.90 Å². The van der Waals surface area contributed by atoms with Gasteiger partial charge in [-0.15, -0.1) is 11.3 Å². The number of benzene rings is 1. The molecule has 0 aliphatic rings. The summed E-state index contributed by atoms with van der Waals surface area (Å²) in [5.41, 5.74) is 8.01. The summed E-state index contributed by atoms with van der Waals surface area (Å²) in [7, 11) is -1.99. The fraction of sp³-hybridized carbons (Fsp3) is 0.286. The lowest BCUT2D eigenvalue weighted by Gasteiger charge is -2.19. The zero-order valence-corrected chi connectivity index (χ0v) is 15.3. The van der Waals surface area contributed by atoms with E-state index >= 15 is 0 Å². The van der Waals surface area contributed by atoms with Crippen molar-refractivity contribution in [1.82, 2.24) is 4.31 Å². The predicted octanol–water partition coefficient (Wildman–Crippen LogP) is 3.53. The van der Waals surface area contributed by atoms with Gasteiger partial charge in [0.15, 0.2) is 0 Å². The van der Waals surface area contributed by atoms with Gasteiger partial charge in [-0.1, -0.05) is 15.9 Å². The number of aryl methyl sites for hydroxylation is 1. The minimum absolute atomic E-state index is 0.242. The molecule has 2 aromatic rings. The highest BCUT2D eigenvalue weighted by molar-refractivity contribution is 9.10. The van der Waals surface area contributed by atoms with Crippen molar-refractivity contribution < 1.29 is 8.42 Å². The summed E-state index contributed by atoms with van der Waals surface area (Å²) in [5.74, 6) is 0. The number of nitrogen functional groups attached to an aromatic ring is 1. The SMILES string of the molecule is Cc1ccsc1CN(C)S(=O)(=O)c1cc(Br)cc(N)c1C. The average Bonchev–Trinajstić information content (AvgIpc) is 2.79. The molecule has 0 saturated heterocycles. The van der Waals surface area contributed by atoms with Crippen LogP contribution in [0.4, 0.5) is 5.69 Å². The maximum absolute atomic E-state index is 12.7. The lowest BCUT2D eigenvalue weighted by atomic mass is 10.2. The summed E-state index contributed by atoms with van der Waals surface area (Å²) in [6.45, 7) is 4.06. The standard InChI is InChI=1S/C14H17BrN2O2S2/c1-9-4-5-20-13(9)8-17(3)21(18,19)14-7-11(15)6-12(16)10(14)2/h4-7H,8,16H2,1-3H3. The highest BCUT2D eigenvalue weighted by Crippen LogP contribution is 2.29. The minimum Gasteiger partial charge on any atom is -0.398 e. The monoisotopic (exact) mass is 388 g/mol. The molecule has 0 aliphatic heterocycles. The summed E-state index contributed by atoms with van der Waals surface area (Å²) in [4.78, 5) is 1.28. The molecule has 4 nitrogen and oxygen atoms in total. The summed E-state index contributed by atoms with van der Waals surface area (Å²) >= 11 is 4.86. The van der Waals surface area contributed by atoms with E-state index < -0.39 is 10.0 Å². The Morgan fingerprint density at radius 1 is 1.33 bits per heavy atom. The van der Waals surface area contributed by atoms with Crippen molar-refractivity contribution >= 4 is 43.0 Å². The van der Waals surface area contributed by atoms with Gasteiger partial charge in [0.2, 0.25) is 10.0 Å². The van der Waals surface area contributed by atoms with Crippen LogP contribution in [-0.2, 0) is 16.6 Å². The van der Waals surface area contributed by atoms with E-state index in [1.165, 1.54) is 4.31 Å². The van der Waals surface area contributed by atoms with Crippen molar-refractivity contribution in [2.24, 2.45) is 0 Å². The van der Waals surface area contributed by atoms with Gasteiger partial charge in [0, 0.05) is 28.6 Å². The van der Waals surface area contributed by atoms with Crippen LogP contribution in [0.3, 0.4) is 0 Å². The molecule has 2 rings (SSSR count). The third-order valence-electron chi connectivity index (χ3n) is 3.39. The van der Waals surface area contributed by atoms with Crippen LogP contribution < -0.4 is 5.73 Å². The van der Waals surface area contributed by atoms with Gasteiger partial charge in [-0.3, -0.25) is 0 Å². The zero-order chi connectivity index (χ0) is 15.8. The second-order valence-electron chi connectivity index (χ2n) is 4.91. The van der Waals surface area contributed by atoms with E-state index in [1.54, 1.807) is 37.4 Å². The Kier molecular flexibility index (Phi) is 4.77. The summed E-state index contributed by atoms with van der Waals surface area (Å²) in [5, 5.41) is 1.97. The van der Waals surface area contributed by atoms with Gasteiger partial charge >= 0.3 is 0 Å². The first-order chi connectivity index (χ1) is 9.73. The van der Waals surface area contributed by atoms with Crippen LogP contribution in [0.2, 0.25) is 0 Å². The Balaban J connectivity index is 2.40. The molecule has 114 valence electrons. The fourth-order valence-corrected chi connectivity index (χ4v) is 5.05. The number of sulfonamides is 1. The first-order valence-corrected chi connectivity index (χ1v) is 9.39. The van der Waals surface area contributed by atoms with Crippen molar-refractivity contribution in [2.45, 2.75) is 25.3 Å². The molecule has 0 spiro atoms. The third kappa shape index (κ3) is 3.31. The van der Waals surface area contributed by atoms with Crippen LogP contribution >= 0.6 is 27.3 Å². The Hall–Kier alpha value is -0.890. The Bertz CT molecular complexity index is 769. The van der Waals surface area contributed by atoms with Crippen LogP contribution in [-0.4, -0.2) is 19.8 Å². The lowest BCUT2D eigenvalue weighted by molar-refractivity contribution is 0.468. The van der Waals surface area contributed by atoms with Crippen LogP contribution in [0.15, 0.2) is 32.9 Å². The van der Waals surface area contributed by atoms with Crippen LogP contribution in [0.25, 0.3) is 0 Å². The van der Waals surface area contributed by atoms with Crippen LogP contribution in [0.1, 0.15) is 16.0 Å². The molecule has 2 N–H and O–H groups in total. The highest BCUT2D eigenvalue weighted by Gasteiger charge is 2.25. The topological polar surface area (TPSA) is 63.4 Å². The summed E-state index contributed by atoms with van der Waals surface area (Å²) < 4.78 is 27.5. The number of nitrogens with two attached hydrogens (primary N) is 1. The maximum Gasteiger partial charge on any atom is 0.243 e. The number of rotatable bonds is 4. The molecule has 0 unspecified atom stereocenters. The van der Waals surface area contributed by atoms with Crippen molar-refractivity contribution in [2.75, 3.05) is 12.8 Å². The van der Waals surface area contributed by atoms with E-state index in [0.717, 1.165) is 10.4 Å². The Morgan fingerprint density at radius 2 is 2.00 bits per heavy atom. The average molecular weight is 389 g/mol. The smallest absolute Gasteiger partial charge is 0.243 e. The normalized spacial score (nSPS) is 12.0. The number of thiophene rings is 1. The Morgan fingerprint density at radius 3 is 2.57 bits per heavy atom. The molecular formula is C14H17BrN2O2S2. The summed E-state index contributed by atoms with van der Waals surface area (Å²) in [6, 6.07) is 5.29. The highest BCUT2D eigenvalue weighted by atomic mass is 79.9. The van der Waals surface area contributed by atoms with Crippen molar-refractivity contribution in [3.05, 3.63) is 44.1 Å². The molecule has 1 aromatic carbocycles. The summed E-state index contributed by atoms with van der Waals surface area (Å²) in [6.07, 6.45) is 0. The molecule has 0 amide bonds. The molecule has 0 atom stereocenters. The molecule has 0 bridgehead atoms. The van der Waals surface area contributed by atoms with Crippen molar-refractivity contribution in [3.8, 4) is 0 Å². The second-order valence-corrected chi connectivity index (χ2v) is 8.84. The van der Waals surface area contributed by atoms with Gasteiger partial charge in [-0.25, -0.2) is 8.42 Å². The number of nitrogens with zero attached hydrogens (tertiary/aromatic N) is 1. The van der Waals surface area contributed by atoms with Gasteiger partial charge in [0.1, 0.15) is 0 Å². The molecule has 0 radical (unpaired) electrons. The number of anilines is 1. The molecule has 1 heterocycles. The quantitative estimate of drug-likeness (QED) is 0.814. The molecular weight excluding hydrogens is 372 g/mol. The molecule has 21 heavy (non-hydrogen) atoms. The largest absolute Gasteiger partial charge is 0.398 e. The van der Waals surface area contributed by atoms with E-state index in [9.17, 15) is 8.42 Å². The van der Waals surface area contributed by atoms with Gasteiger partial charge in [0.25, 0.3) is 0 Å². The van der Waals surface area contributed by atoms with E-state index in [2.05, 4.69) is 15.9 Å². The molecule has 7 heteroatoms. The number of hydrogen-bond donors (Lipinski definition) is 1.